The van der Waals surface area contributed by atoms with Crippen molar-refractivity contribution in [1.82, 2.24) is 0 Å². The van der Waals surface area contributed by atoms with E-state index in [1.807, 2.05) is 18.2 Å². The third kappa shape index (κ3) is 2.18. The highest BCUT2D eigenvalue weighted by Gasteiger charge is 2.50. The summed E-state index contributed by atoms with van der Waals surface area (Å²) >= 11 is 3.65. The molecular formula is C17H15BrF2. The van der Waals surface area contributed by atoms with Crippen molar-refractivity contribution in [3.05, 3.63) is 70.8 Å². The maximum absolute atomic E-state index is 14.1. The first-order valence-electron chi connectivity index (χ1n) is 6.70. The highest BCUT2D eigenvalue weighted by Crippen LogP contribution is 2.60. The van der Waals surface area contributed by atoms with Gasteiger partial charge < -0.3 is 0 Å². The van der Waals surface area contributed by atoms with Crippen LogP contribution in [0.1, 0.15) is 34.4 Å². The molecule has 0 nitrogen and oxygen atoms in total. The van der Waals surface area contributed by atoms with Gasteiger partial charge in [0.2, 0.25) is 0 Å². The van der Waals surface area contributed by atoms with Crippen LogP contribution in [-0.4, -0.2) is 0 Å². The SMILES string of the molecule is Cc1cc(C(Br)C2(c3ccccc3)CC2)c(F)cc1F. The summed E-state index contributed by atoms with van der Waals surface area (Å²) in [5, 5.41) is 0. The molecule has 0 bridgehead atoms. The number of hydrogen-bond donors (Lipinski definition) is 0. The lowest BCUT2D eigenvalue weighted by atomic mass is 9.88. The molecule has 2 aromatic rings. The number of halogens is 3. The van der Waals surface area contributed by atoms with Crippen molar-refractivity contribution < 1.29 is 8.78 Å². The van der Waals surface area contributed by atoms with Crippen LogP contribution in [0.5, 0.6) is 0 Å². The summed E-state index contributed by atoms with van der Waals surface area (Å²) in [5.74, 6) is -0.965. The Morgan fingerprint density at radius 2 is 1.70 bits per heavy atom. The maximum Gasteiger partial charge on any atom is 0.130 e. The van der Waals surface area contributed by atoms with Crippen LogP contribution in [0.25, 0.3) is 0 Å². The van der Waals surface area contributed by atoms with Crippen LogP contribution in [-0.2, 0) is 5.41 Å². The van der Waals surface area contributed by atoms with Crippen molar-refractivity contribution >= 4 is 15.9 Å². The van der Waals surface area contributed by atoms with Crippen molar-refractivity contribution in [3.8, 4) is 0 Å². The fourth-order valence-corrected chi connectivity index (χ4v) is 3.84. The number of rotatable bonds is 3. The van der Waals surface area contributed by atoms with Gasteiger partial charge in [-0.05, 0) is 37.0 Å². The molecule has 0 radical (unpaired) electrons. The zero-order valence-electron chi connectivity index (χ0n) is 11.2. The summed E-state index contributed by atoms with van der Waals surface area (Å²) in [6, 6.07) is 12.7. The maximum atomic E-state index is 14.1. The van der Waals surface area contributed by atoms with Gasteiger partial charge in [0.25, 0.3) is 0 Å². The summed E-state index contributed by atoms with van der Waals surface area (Å²) in [4.78, 5) is -0.128. The second kappa shape index (κ2) is 4.96. The first-order valence-corrected chi connectivity index (χ1v) is 7.61. The lowest BCUT2D eigenvalue weighted by Crippen LogP contribution is -2.15. The summed E-state index contributed by atoms with van der Waals surface area (Å²) in [6.45, 7) is 1.67. The molecule has 0 aliphatic heterocycles. The van der Waals surface area contributed by atoms with Gasteiger partial charge in [-0.3, -0.25) is 0 Å². The molecule has 1 fully saturated rings. The first-order chi connectivity index (χ1) is 9.54. The van der Waals surface area contributed by atoms with E-state index >= 15 is 0 Å². The molecule has 1 aliphatic rings. The average Bonchev–Trinajstić information content (AvgIpc) is 3.25. The van der Waals surface area contributed by atoms with Crippen LogP contribution >= 0.6 is 15.9 Å². The van der Waals surface area contributed by atoms with Crippen LogP contribution in [0.4, 0.5) is 8.78 Å². The van der Waals surface area contributed by atoms with Gasteiger partial charge in [0.15, 0.2) is 0 Å². The van der Waals surface area contributed by atoms with Crippen molar-refractivity contribution in [1.29, 1.82) is 0 Å². The Hall–Kier alpha value is -1.22. The topological polar surface area (TPSA) is 0 Å². The third-order valence-corrected chi connectivity index (χ3v) is 5.54. The zero-order chi connectivity index (χ0) is 14.3. The van der Waals surface area contributed by atoms with Crippen molar-refractivity contribution in [2.45, 2.75) is 30.0 Å². The molecule has 1 unspecified atom stereocenters. The fourth-order valence-electron chi connectivity index (χ4n) is 2.76. The second-order valence-electron chi connectivity index (χ2n) is 5.51. The molecule has 1 aliphatic carbocycles. The minimum Gasteiger partial charge on any atom is -0.207 e. The molecule has 3 rings (SSSR count). The number of hydrogen-bond acceptors (Lipinski definition) is 0. The van der Waals surface area contributed by atoms with Gasteiger partial charge in [-0.2, -0.15) is 0 Å². The van der Waals surface area contributed by atoms with E-state index in [4.69, 9.17) is 0 Å². The molecule has 20 heavy (non-hydrogen) atoms. The molecule has 3 heteroatoms. The summed E-state index contributed by atoms with van der Waals surface area (Å²) in [6.07, 6.45) is 2.03. The normalized spacial score (nSPS) is 17.8. The molecule has 0 heterocycles. The Bertz CT molecular complexity index is 633. The highest BCUT2D eigenvalue weighted by molar-refractivity contribution is 9.09. The van der Waals surface area contributed by atoms with Gasteiger partial charge >= 0.3 is 0 Å². The Kier molecular flexibility index (Phi) is 3.41. The van der Waals surface area contributed by atoms with E-state index in [2.05, 4.69) is 28.1 Å². The smallest absolute Gasteiger partial charge is 0.130 e. The predicted molar refractivity (Wildman–Crippen MR) is 80.1 cm³/mol. The molecule has 0 aromatic heterocycles. The largest absolute Gasteiger partial charge is 0.207 e. The van der Waals surface area contributed by atoms with Crippen LogP contribution in [0.3, 0.4) is 0 Å². The lowest BCUT2D eigenvalue weighted by molar-refractivity contribution is 0.552. The van der Waals surface area contributed by atoms with E-state index < -0.39 is 11.6 Å². The number of benzene rings is 2. The predicted octanol–water partition coefficient (Wildman–Crippen LogP) is 5.44. The Balaban J connectivity index is 2.01. The number of aryl methyl sites for hydroxylation is 1. The molecule has 1 atom stereocenters. The van der Waals surface area contributed by atoms with Gasteiger partial charge in [-0.25, -0.2) is 8.78 Å². The third-order valence-electron chi connectivity index (χ3n) is 4.17. The van der Waals surface area contributed by atoms with Crippen LogP contribution < -0.4 is 0 Å². The molecule has 1 saturated carbocycles. The second-order valence-corrected chi connectivity index (χ2v) is 6.42. The monoisotopic (exact) mass is 336 g/mol. The lowest BCUT2D eigenvalue weighted by Gasteiger charge is -2.23. The average molecular weight is 337 g/mol. The molecule has 104 valence electrons. The van der Waals surface area contributed by atoms with E-state index in [0.717, 1.165) is 18.9 Å². The van der Waals surface area contributed by atoms with Gasteiger partial charge in [-0.1, -0.05) is 46.3 Å². The molecule has 0 N–H and O–H groups in total. The van der Waals surface area contributed by atoms with E-state index in [-0.39, 0.29) is 10.2 Å². The Morgan fingerprint density at radius 3 is 2.30 bits per heavy atom. The molecule has 2 aromatic carbocycles. The van der Waals surface area contributed by atoms with Crippen LogP contribution in [0, 0.1) is 18.6 Å². The minimum absolute atomic E-state index is 0.0631. The van der Waals surface area contributed by atoms with E-state index in [0.29, 0.717) is 11.1 Å². The highest BCUT2D eigenvalue weighted by atomic mass is 79.9. The molecule has 0 amide bonds. The number of alkyl halides is 1. The quantitative estimate of drug-likeness (QED) is 0.654. The van der Waals surface area contributed by atoms with Gasteiger partial charge in [0, 0.05) is 17.0 Å². The van der Waals surface area contributed by atoms with Crippen molar-refractivity contribution in [2.24, 2.45) is 0 Å². The standard InChI is InChI=1S/C17H15BrF2/c1-11-9-13(15(20)10-14(11)19)16(18)17(7-8-17)12-5-3-2-4-6-12/h2-6,9-10,16H,7-8H2,1H3. The van der Waals surface area contributed by atoms with Crippen molar-refractivity contribution in [2.75, 3.05) is 0 Å². The fraction of sp³-hybridized carbons (Fsp3) is 0.294. The summed E-state index contributed by atoms with van der Waals surface area (Å²) in [7, 11) is 0. The Labute approximate surface area is 126 Å². The van der Waals surface area contributed by atoms with Gasteiger partial charge in [-0.15, -0.1) is 0 Å². The van der Waals surface area contributed by atoms with E-state index in [1.54, 1.807) is 13.0 Å². The Morgan fingerprint density at radius 1 is 1.05 bits per heavy atom. The molecule has 0 saturated heterocycles. The van der Waals surface area contributed by atoms with Gasteiger partial charge in [0.1, 0.15) is 11.6 Å². The van der Waals surface area contributed by atoms with Crippen LogP contribution in [0.15, 0.2) is 42.5 Å². The molecular weight excluding hydrogens is 322 g/mol. The first kappa shape index (κ1) is 13.7. The van der Waals surface area contributed by atoms with E-state index in [9.17, 15) is 8.78 Å². The van der Waals surface area contributed by atoms with Crippen LogP contribution in [0.2, 0.25) is 0 Å². The van der Waals surface area contributed by atoms with Crippen molar-refractivity contribution in [3.63, 3.8) is 0 Å². The summed E-state index contributed by atoms with van der Waals surface area (Å²) < 4.78 is 27.5. The van der Waals surface area contributed by atoms with E-state index in [1.165, 1.54) is 5.56 Å². The zero-order valence-corrected chi connectivity index (χ0v) is 12.8. The summed E-state index contributed by atoms with van der Waals surface area (Å²) in [5.41, 5.74) is 2.18. The molecule has 0 spiro atoms. The minimum atomic E-state index is -0.490. The van der Waals surface area contributed by atoms with Gasteiger partial charge in [0.05, 0.1) is 4.83 Å².